The molecule has 0 bridgehead atoms. The van der Waals surface area contributed by atoms with E-state index >= 15 is 0 Å². The maximum atomic E-state index is 14.6. The van der Waals surface area contributed by atoms with Crippen LogP contribution in [0.25, 0.3) is 11.1 Å². The molecule has 1 aromatic heterocycles. The average Bonchev–Trinajstić information content (AvgIpc) is 2.85. The van der Waals surface area contributed by atoms with Crippen LogP contribution >= 0.6 is 11.6 Å². The number of pyridine rings is 1. The fraction of sp³-hybridized carbons (Fsp3) is 0.333. The first-order valence-corrected chi connectivity index (χ1v) is 12.3. The Hall–Kier alpha value is -3.16. The van der Waals surface area contributed by atoms with Gasteiger partial charge in [0.05, 0.1) is 0 Å². The summed E-state index contributed by atoms with van der Waals surface area (Å²) in [5, 5.41) is 3.60. The first-order valence-electron chi connectivity index (χ1n) is 11.9. The molecule has 5 rings (SSSR count). The molecule has 2 aliphatic heterocycles. The highest BCUT2D eigenvalue weighted by atomic mass is 35.5. The molecule has 6 nitrogen and oxygen atoms in total. The monoisotopic (exact) mass is 493 g/mol. The smallest absolute Gasteiger partial charge is 0.323 e. The molecule has 1 N–H and O–H groups in total. The van der Waals surface area contributed by atoms with Crippen molar-refractivity contribution in [3.05, 3.63) is 76.2 Å². The van der Waals surface area contributed by atoms with E-state index in [0.717, 1.165) is 59.7 Å². The summed E-state index contributed by atoms with van der Waals surface area (Å²) in [7, 11) is 2.11. The summed E-state index contributed by atoms with van der Waals surface area (Å²) in [5.74, 6) is 0.294. The van der Waals surface area contributed by atoms with E-state index in [0.29, 0.717) is 30.4 Å². The van der Waals surface area contributed by atoms with Crippen LogP contribution in [0.2, 0.25) is 5.02 Å². The number of halogens is 2. The van der Waals surface area contributed by atoms with Gasteiger partial charge in [-0.3, -0.25) is 5.32 Å². The zero-order valence-corrected chi connectivity index (χ0v) is 20.8. The Bertz CT molecular complexity index is 1240. The zero-order valence-electron chi connectivity index (χ0n) is 20.0. The molecule has 0 aliphatic carbocycles. The van der Waals surface area contributed by atoms with Crippen LogP contribution in [0.15, 0.2) is 48.7 Å². The number of benzene rings is 2. The molecule has 35 heavy (non-hydrogen) atoms. The van der Waals surface area contributed by atoms with Crippen molar-refractivity contribution in [1.29, 1.82) is 0 Å². The van der Waals surface area contributed by atoms with Crippen molar-refractivity contribution in [2.45, 2.75) is 19.9 Å². The maximum absolute atomic E-state index is 14.6. The Morgan fingerprint density at radius 1 is 1.03 bits per heavy atom. The third-order valence-electron chi connectivity index (χ3n) is 6.96. The highest BCUT2D eigenvalue weighted by Crippen LogP contribution is 2.32. The lowest BCUT2D eigenvalue weighted by atomic mass is 9.96. The molecule has 1 fully saturated rings. The maximum Gasteiger partial charge on any atom is 0.323 e. The Balaban J connectivity index is 1.30. The average molecular weight is 494 g/mol. The number of rotatable bonds is 3. The van der Waals surface area contributed by atoms with Crippen LogP contribution in [-0.2, 0) is 13.0 Å². The summed E-state index contributed by atoms with van der Waals surface area (Å²) in [6.07, 6.45) is 2.25. The Labute approximate surface area is 210 Å². The van der Waals surface area contributed by atoms with E-state index in [2.05, 4.69) is 27.1 Å². The van der Waals surface area contributed by atoms with Gasteiger partial charge in [-0.2, -0.15) is 0 Å². The minimum absolute atomic E-state index is 0.187. The number of piperazine rings is 1. The highest BCUT2D eigenvalue weighted by molar-refractivity contribution is 6.30. The van der Waals surface area contributed by atoms with E-state index in [1.807, 2.05) is 37.3 Å². The summed E-state index contributed by atoms with van der Waals surface area (Å²) in [6.45, 7) is 6.56. The molecule has 0 atom stereocenters. The molecule has 3 aromatic rings. The lowest BCUT2D eigenvalue weighted by Gasteiger charge is -2.38. The third-order valence-corrected chi connectivity index (χ3v) is 7.19. The van der Waals surface area contributed by atoms with Gasteiger partial charge in [-0.25, -0.2) is 14.2 Å². The van der Waals surface area contributed by atoms with Gasteiger partial charge in [-0.15, -0.1) is 0 Å². The van der Waals surface area contributed by atoms with E-state index < -0.39 is 0 Å². The largest absolute Gasteiger partial charge is 0.369 e. The number of nitrogens with zero attached hydrogens (tertiary/aromatic N) is 4. The number of nitrogens with one attached hydrogen (secondary N) is 1. The topological polar surface area (TPSA) is 51.7 Å². The van der Waals surface area contributed by atoms with Gasteiger partial charge < -0.3 is 14.7 Å². The number of amides is 2. The van der Waals surface area contributed by atoms with Gasteiger partial charge in [0.1, 0.15) is 11.6 Å². The number of aryl methyl sites for hydroxylation is 1. The molecule has 182 valence electrons. The van der Waals surface area contributed by atoms with Gasteiger partial charge in [-0.05, 0) is 73.5 Å². The molecular formula is C27H29ClFN5O. The number of likely N-dealkylation sites (N-methyl/N-ethyl adjacent to an activating group) is 1. The highest BCUT2D eigenvalue weighted by Gasteiger charge is 2.28. The number of carbonyl (C=O) groups is 1. The number of fused-ring (bicyclic) bond motifs is 1. The standard InChI is InChI=1S/C27H29ClFN5O/c1-18-15-20(28)4-5-21(18)19-3-8-26(30-16-19)31-27(35)34-10-9-22-23(17-34)25(7-6-24(22)29)33-13-11-32(2)12-14-33/h3-8,15-16H,9-14,17H2,1-2H3,(H,30,31,35). The van der Waals surface area contributed by atoms with Crippen molar-refractivity contribution < 1.29 is 9.18 Å². The predicted molar refractivity (Wildman–Crippen MR) is 139 cm³/mol. The summed E-state index contributed by atoms with van der Waals surface area (Å²) < 4.78 is 14.6. The van der Waals surface area contributed by atoms with Gasteiger partial charge in [0.25, 0.3) is 0 Å². The van der Waals surface area contributed by atoms with Crippen molar-refractivity contribution >= 4 is 29.1 Å². The Kier molecular flexibility index (Phi) is 6.62. The number of hydrogen-bond acceptors (Lipinski definition) is 4. The molecular weight excluding hydrogens is 465 g/mol. The first-order chi connectivity index (χ1) is 16.9. The minimum Gasteiger partial charge on any atom is -0.369 e. The fourth-order valence-corrected chi connectivity index (χ4v) is 5.13. The normalized spacial score (nSPS) is 16.2. The van der Waals surface area contributed by atoms with Gasteiger partial charge in [0.15, 0.2) is 0 Å². The number of urea groups is 1. The molecule has 0 spiro atoms. The fourth-order valence-electron chi connectivity index (χ4n) is 4.90. The van der Waals surface area contributed by atoms with Gasteiger partial charge >= 0.3 is 6.03 Å². The number of anilines is 2. The van der Waals surface area contributed by atoms with Crippen LogP contribution in [0, 0.1) is 12.7 Å². The third kappa shape index (κ3) is 4.97. The van der Waals surface area contributed by atoms with Crippen LogP contribution in [0.3, 0.4) is 0 Å². The predicted octanol–water partition coefficient (Wildman–Crippen LogP) is 5.19. The molecule has 2 aromatic carbocycles. The van der Waals surface area contributed by atoms with Crippen molar-refractivity contribution in [3.63, 3.8) is 0 Å². The van der Waals surface area contributed by atoms with E-state index in [-0.39, 0.29) is 11.8 Å². The second-order valence-electron chi connectivity index (χ2n) is 9.31. The Morgan fingerprint density at radius 3 is 2.54 bits per heavy atom. The van der Waals surface area contributed by atoms with E-state index in [1.165, 1.54) is 0 Å². The summed E-state index contributed by atoms with van der Waals surface area (Å²) >= 11 is 6.07. The van der Waals surface area contributed by atoms with E-state index in [4.69, 9.17) is 11.6 Å². The molecule has 0 radical (unpaired) electrons. The van der Waals surface area contributed by atoms with Crippen LogP contribution in [0.5, 0.6) is 0 Å². The SMILES string of the molecule is Cc1cc(Cl)ccc1-c1ccc(NC(=O)N2CCc3c(F)ccc(N4CCN(C)CC4)c3C2)nc1. The van der Waals surface area contributed by atoms with Crippen LogP contribution < -0.4 is 10.2 Å². The quantitative estimate of drug-likeness (QED) is 0.545. The zero-order chi connectivity index (χ0) is 24.5. The van der Waals surface area contributed by atoms with Crippen LogP contribution in [-0.4, -0.2) is 60.6 Å². The second kappa shape index (κ2) is 9.84. The first kappa shape index (κ1) is 23.6. The lowest BCUT2D eigenvalue weighted by Crippen LogP contribution is -2.46. The molecule has 8 heteroatoms. The molecule has 2 aliphatic rings. The van der Waals surface area contributed by atoms with Crippen molar-refractivity contribution in [1.82, 2.24) is 14.8 Å². The molecule has 2 amide bonds. The lowest BCUT2D eigenvalue weighted by molar-refractivity contribution is 0.205. The second-order valence-corrected chi connectivity index (χ2v) is 9.74. The van der Waals surface area contributed by atoms with Crippen LogP contribution in [0.4, 0.5) is 20.7 Å². The van der Waals surface area contributed by atoms with Crippen molar-refractivity contribution in [3.8, 4) is 11.1 Å². The van der Waals surface area contributed by atoms with Gasteiger partial charge in [-0.1, -0.05) is 17.7 Å². The van der Waals surface area contributed by atoms with Crippen LogP contribution in [0.1, 0.15) is 16.7 Å². The molecule has 1 saturated heterocycles. The number of aromatic nitrogens is 1. The van der Waals surface area contributed by atoms with Gasteiger partial charge in [0, 0.05) is 67.3 Å². The number of carbonyl (C=O) groups excluding carboxylic acids is 1. The summed E-state index contributed by atoms with van der Waals surface area (Å²) in [6, 6.07) is 12.7. The van der Waals surface area contributed by atoms with Crippen molar-refractivity contribution in [2.24, 2.45) is 0 Å². The van der Waals surface area contributed by atoms with Gasteiger partial charge in [0.2, 0.25) is 0 Å². The molecule has 0 saturated carbocycles. The minimum atomic E-state index is -0.229. The molecule has 3 heterocycles. The Morgan fingerprint density at radius 2 is 1.83 bits per heavy atom. The number of hydrogen-bond donors (Lipinski definition) is 1. The van der Waals surface area contributed by atoms with E-state index in [1.54, 1.807) is 23.2 Å². The molecule has 0 unspecified atom stereocenters. The van der Waals surface area contributed by atoms with Crippen molar-refractivity contribution in [2.75, 3.05) is 50.0 Å². The van der Waals surface area contributed by atoms with E-state index in [9.17, 15) is 9.18 Å². The summed E-state index contributed by atoms with van der Waals surface area (Å²) in [5.41, 5.74) is 5.74. The summed E-state index contributed by atoms with van der Waals surface area (Å²) in [4.78, 5) is 23.9.